The second-order valence-corrected chi connectivity index (χ2v) is 2.13. The number of carboxylic acid groups (broad SMARTS) is 1. The van der Waals surface area contributed by atoms with Crippen LogP contribution in [-0.2, 0) is 0 Å². The van der Waals surface area contributed by atoms with Crippen LogP contribution in [0.2, 0.25) is 0 Å². The maximum atomic E-state index is 8.78. The maximum Gasteiger partial charge on any atom is 0.402 e. The van der Waals surface area contributed by atoms with Crippen LogP contribution < -0.4 is 11.5 Å². The maximum absolute atomic E-state index is 8.78. The van der Waals surface area contributed by atoms with Gasteiger partial charge in [-0.3, -0.25) is 0 Å². The fraction of sp³-hybridized carbons (Fsp3) is 0. The summed E-state index contributed by atoms with van der Waals surface area (Å²) in [6.45, 7) is 0. The van der Waals surface area contributed by atoms with Crippen molar-refractivity contribution in [3.63, 3.8) is 0 Å². The smallest absolute Gasteiger partial charge is 0.402 e. The predicted molar refractivity (Wildman–Crippen MR) is 38.7 cm³/mol. The van der Waals surface area contributed by atoms with Gasteiger partial charge in [0.2, 0.25) is 0 Å². The molecule has 0 bridgehead atoms. The van der Waals surface area contributed by atoms with E-state index in [1.165, 1.54) is 11.3 Å². The van der Waals surface area contributed by atoms with Crippen molar-refractivity contribution in [3.05, 3.63) is 11.6 Å². The number of thiazole rings is 1. The molecule has 6 heteroatoms. The molecule has 10 heavy (non-hydrogen) atoms. The first-order valence-corrected chi connectivity index (χ1v) is 3.14. The minimum atomic E-state index is -1.33. The third kappa shape index (κ3) is 6.70. The van der Waals surface area contributed by atoms with Crippen molar-refractivity contribution in [2.45, 2.75) is 0 Å². The van der Waals surface area contributed by atoms with Gasteiger partial charge in [0.1, 0.15) is 0 Å². The lowest BCUT2D eigenvalue weighted by Crippen LogP contribution is -2.03. The number of hydrogen-bond acceptors (Lipinski definition) is 4. The molecule has 5 N–H and O–H groups in total. The summed E-state index contributed by atoms with van der Waals surface area (Å²) in [6.07, 6.45) is 0.347. The van der Waals surface area contributed by atoms with Gasteiger partial charge in [0, 0.05) is 11.6 Å². The first-order valence-electron chi connectivity index (χ1n) is 2.26. The van der Waals surface area contributed by atoms with E-state index in [2.05, 4.69) is 10.7 Å². The molecule has 0 radical (unpaired) electrons. The highest BCUT2D eigenvalue weighted by molar-refractivity contribution is 7.13. The van der Waals surface area contributed by atoms with Gasteiger partial charge in [-0.05, 0) is 0 Å². The quantitative estimate of drug-likeness (QED) is 0.510. The van der Waals surface area contributed by atoms with Crippen LogP contribution in [0.5, 0.6) is 0 Å². The summed E-state index contributed by atoms with van der Waals surface area (Å²) in [4.78, 5) is 12.5. The number of nitrogens with zero attached hydrogens (tertiary/aromatic N) is 1. The Bertz CT molecular complexity index is 182. The summed E-state index contributed by atoms with van der Waals surface area (Å²) in [5, 5.41) is 9.67. The molecule has 0 saturated carbocycles. The highest BCUT2D eigenvalue weighted by Gasteiger charge is 1.76. The molecule has 0 unspecified atom stereocenters. The molecule has 1 amide bonds. The van der Waals surface area contributed by atoms with Crippen LogP contribution in [-0.4, -0.2) is 16.2 Å². The normalized spacial score (nSPS) is 7.60. The lowest BCUT2D eigenvalue weighted by Gasteiger charge is -1.67. The Balaban J connectivity index is 0.000000180. The summed E-state index contributed by atoms with van der Waals surface area (Å²) in [5.41, 5.74) is 9.21. The predicted octanol–water partition coefficient (Wildman–Crippen LogP) is 0.348. The van der Waals surface area contributed by atoms with Gasteiger partial charge < -0.3 is 16.6 Å². The van der Waals surface area contributed by atoms with E-state index in [-0.39, 0.29) is 0 Å². The molecule has 0 fully saturated rings. The zero-order valence-corrected chi connectivity index (χ0v) is 5.84. The van der Waals surface area contributed by atoms with Gasteiger partial charge in [-0.25, -0.2) is 9.78 Å². The number of primary amides is 1. The minimum Gasteiger partial charge on any atom is -0.465 e. The molecule has 1 aromatic rings. The van der Waals surface area contributed by atoms with Gasteiger partial charge in [0.15, 0.2) is 5.13 Å². The zero-order valence-electron chi connectivity index (χ0n) is 5.02. The molecule has 5 nitrogen and oxygen atoms in total. The van der Waals surface area contributed by atoms with Gasteiger partial charge >= 0.3 is 6.09 Å². The number of aromatic nitrogens is 1. The average molecular weight is 161 g/mol. The van der Waals surface area contributed by atoms with E-state index in [4.69, 9.17) is 15.6 Å². The largest absolute Gasteiger partial charge is 0.465 e. The summed E-state index contributed by atoms with van der Waals surface area (Å²) >= 11 is 1.44. The summed E-state index contributed by atoms with van der Waals surface area (Å²) in [6, 6.07) is 0. The topological polar surface area (TPSA) is 102 Å². The molecule has 0 atom stereocenters. The third-order valence-corrected chi connectivity index (χ3v) is 1.06. The Hall–Kier alpha value is -1.30. The second kappa shape index (κ2) is 4.57. The van der Waals surface area contributed by atoms with Gasteiger partial charge in [0.05, 0.1) is 0 Å². The van der Waals surface area contributed by atoms with Crippen LogP contribution in [0.1, 0.15) is 0 Å². The highest BCUT2D eigenvalue weighted by atomic mass is 32.1. The first-order chi connectivity index (χ1) is 4.63. The summed E-state index contributed by atoms with van der Waals surface area (Å²) in [7, 11) is 0. The van der Waals surface area contributed by atoms with Crippen molar-refractivity contribution in [2.75, 3.05) is 5.73 Å². The van der Waals surface area contributed by atoms with E-state index in [1.807, 2.05) is 5.38 Å². The third-order valence-electron chi connectivity index (χ3n) is 0.451. The van der Waals surface area contributed by atoms with E-state index in [1.54, 1.807) is 6.20 Å². The summed E-state index contributed by atoms with van der Waals surface area (Å²) < 4.78 is 0. The number of rotatable bonds is 0. The number of nitrogen functional groups attached to an aromatic ring is 1. The highest BCUT2D eigenvalue weighted by Crippen LogP contribution is 2.02. The van der Waals surface area contributed by atoms with Crippen molar-refractivity contribution in [3.8, 4) is 0 Å². The van der Waals surface area contributed by atoms with Crippen LogP contribution in [0.4, 0.5) is 9.93 Å². The van der Waals surface area contributed by atoms with Crippen molar-refractivity contribution in [1.29, 1.82) is 0 Å². The second-order valence-electron chi connectivity index (χ2n) is 1.21. The SMILES string of the molecule is NC(=O)O.Nc1nccs1. The van der Waals surface area contributed by atoms with Gasteiger partial charge in [-0.15, -0.1) is 11.3 Å². The van der Waals surface area contributed by atoms with E-state index < -0.39 is 6.09 Å². The minimum absolute atomic E-state index is 0.634. The van der Waals surface area contributed by atoms with Crippen LogP contribution in [0, 0.1) is 0 Å². The molecule has 0 aliphatic heterocycles. The van der Waals surface area contributed by atoms with Crippen molar-refractivity contribution >= 4 is 22.6 Å². The molecule has 0 saturated heterocycles. The Morgan fingerprint density at radius 3 is 2.40 bits per heavy atom. The Morgan fingerprint density at radius 2 is 2.30 bits per heavy atom. The van der Waals surface area contributed by atoms with Crippen molar-refractivity contribution in [1.82, 2.24) is 4.98 Å². The molecule has 0 aromatic carbocycles. The van der Waals surface area contributed by atoms with Gasteiger partial charge in [-0.2, -0.15) is 0 Å². The Morgan fingerprint density at radius 1 is 1.80 bits per heavy atom. The standard InChI is InChI=1S/C3H4N2S.CH3NO2/c4-3-5-1-2-6-3;2-1(3)4/h1-2H,(H2,4,5);2H2,(H,3,4). The van der Waals surface area contributed by atoms with Crippen LogP contribution in [0.25, 0.3) is 0 Å². The first kappa shape index (κ1) is 8.70. The molecule has 0 aliphatic rings. The van der Waals surface area contributed by atoms with E-state index >= 15 is 0 Å². The number of nitrogens with two attached hydrogens (primary N) is 2. The lowest BCUT2D eigenvalue weighted by molar-refractivity contribution is 0.205. The van der Waals surface area contributed by atoms with Crippen molar-refractivity contribution in [2.24, 2.45) is 5.73 Å². The number of carbonyl (C=O) groups is 1. The number of anilines is 1. The molecule has 0 aliphatic carbocycles. The Kier molecular flexibility index (Phi) is 3.97. The number of hydrogen-bond donors (Lipinski definition) is 3. The molecule has 1 rings (SSSR count). The molecule has 56 valence electrons. The van der Waals surface area contributed by atoms with Crippen LogP contribution in [0.3, 0.4) is 0 Å². The van der Waals surface area contributed by atoms with Crippen molar-refractivity contribution < 1.29 is 9.90 Å². The molecule has 0 spiro atoms. The van der Waals surface area contributed by atoms with Crippen LogP contribution in [0.15, 0.2) is 11.6 Å². The monoisotopic (exact) mass is 161 g/mol. The Labute approximate surface area is 61.3 Å². The summed E-state index contributed by atoms with van der Waals surface area (Å²) in [5.74, 6) is 0. The van der Waals surface area contributed by atoms with Gasteiger partial charge in [-0.1, -0.05) is 0 Å². The fourth-order valence-corrected chi connectivity index (χ4v) is 0.617. The van der Waals surface area contributed by atoms with E-state index in [0.717, 1.165) is 0 Å². The lowest BCUT2D eigenvalue weighted by atomic mass is 11.0. The molecular weight excluding hydrogens is 154 g/mol. The van der Waals surface area contributed by atoms with E-state index in [9.17, 15) is 0 Å². The zero-order chi connectivity index (χ0) is 7.98. The van der Waals surface area contributed by atoms with Gasteiger partial charge in [0.25, 0.3) is 0 Å². The average Bonchev–Trinajstić information content (AvgIpc) is 2.15. The molecule has 1 heterocycles. The molecular formula is C4H7N3O2S. The van der Waals surface area contributed by atoms with Crippen LogP contribution >= 0.6 is 11.3 Å². The number of amides is 1. The molecule has 1 aromatic heterocycles. The fourth-order valence-electron chi connectivity index (χ4n) is 0.234. The van der Waals surface area contributed by atoms with E-state index in [0.29, 0.717) is 5.13 Å².